The molecule has 17 nitrogen and oxygen atoms in total. The van der Waals surface area contributed by atoms with E-state index in [2.05, 4.69) is 72.8 Å². The molecule has 0 radical (unpaired) electrons. The molecule has 93 heavy (non-hydrogen) atoms. The molecule has 6 atom stereocenters. The van der Waals surface area contributed by atoms with Crippen molar-refractivity contribution in [1.29, 1.82) is 0 Å². The highest BCUT2D eigenvalue weighted by molar-refractivity contribution is 7.47. The number of hydrogen-bond acceptors (Lipinski definition) is 15. The van der Waals surface area contributed by atoms with Crippen LogP contribution in [0.2, 0.25) is 0 Å². The highest BCUT2D eigenvalue weighted by atomic mass is 31.2. The molecular weight excluding hydrogens is 1220 g/mol. The van der Waals surface area contributed by atoms with E-state index in [1.807, 2.05) is 0 Å². The molecule has 0 aliphatic carbocycles. The molecule has 0 fully saturated rings. The topological polar surface area (TPSA) is 237 Å². The second kappa shape index (κ2) is 64.2. The van der Waals surface area contributed by atoms with Gasteiger partial charge in [-0.25, -0.2) is 9.13 Å². The maximum atomic E-state index is 13.0. The van der Waals surface area contributed by atoms with Crippen molar-refractivity contribution in [1.82, 2.24) is 0 Å². The van der Waals surface area contributed by atoms with E-state index in [9.17, 15) is 43.2 Å². The monoisotopic (exact) mass is 1360 g/mol. The Labute approximate surface area is 567 Å². The summed E-state index contributed by atoms with van der Waals surface area (Å²) in [5, 5.41) is 10.6. The van der Waals surface area contributed by atoms with E-state index < -0.39 is 97.5 Å². The number of ether oxygens (including phenoxy) is 4. The van der Waals surface area contributed by atoms with E-state index in [0.717, 1.165) is 121 Å². The Kier molecular flexibility index (Phi) is 62.5. The zero-order valence-electron chi connectivity index (χ0n) is 60.2. The van der Waals surface area contributed by atoms with Crippen LogP contribution in [0.5, 0.6) is 0 Å². The van der Waals surface area contributed by atoms with E-state index in [-0.39, 0.29) is 25.7 Å². The lowest BCUT2D eigenvalue weighted by molar-refractivity contribution is -0.161. The maximum absolute atomic E-state index is 13.0. The summed E-state index contributed by atoms with van der Waals surface area (Å²) in [6, 6.07) is 0. The third-order valence-corrected chi connectivity index (χ3v) is 18.8. The molecule has 0 amide bonds. The Balaban J connectivity index is 5.23. The number of aliphatic hydroxyl groups is 1. The van der Waals surface area contributed by atoms with E-state index >= 15 is 0 Å². The van der Waals surface area contributed by atoms with Gasteiger partial charge < -0.3 is 33.8 Å². The van der Waals surface area contributed by atoms with Crippen molar-refractivity contribution in [3.05, 3.63) is 24.3 Å². The van der Waals surface area contributed by atoms with Crippen LogP contribution >= 0.6 is 15.6 Å². The van der Waals surface area contributed by atoms with Crippen molar-refractivity contribution in [3.8, 4) is 0 Å². The number of aliphatic hydroxyl groups excluding tert-OH is 1. The fourth-order valence-corrected chi connectivity index (χ4v) is 12.3. The van der Waals surface area contributed by atoms with Crippen molar-refractivity contribution in [3.63, 3.8) is 0 Å². The number of phosphoric acid groups is 2. The second-order valence-corrected chi connectivity index (χ2v) is 30.1. The maximum Gasteiger partial charge on any atom is 0.472 e. The third-order valence-electron chi connectivity index (χ3n) is 16.9. The lowest BCUT2D eigenvalue weighted by Crippen LogP contribution is -2.30. The minimum Gasteiger partial charge on any atom is -0.462 e. The van der Waals surface area contributed by atoms with Gasteiger partial charge in [-0.1, -0.05) is 297 Å². The van der Waals surface area contributed by atoms with Crippen molar-refractivity contribution in [2.24, 2.45) is 17.8 Å². The smallest absolute Gasteiger partial charge is 0.462 e. The fraction of sp³-hybridized carbons (Fsp3) is 0.892. The van der Waals surface area contributed by atoms with Gasteiger partial charge in [0.2, 0.25) is 0 Å². The van der Waals surface area contributed by atoms with E-state index in [1.165, 1.54) is 141 Å². The molecule has 0 aromatic heterocycles. The van der Waals surface area contributed by atoms with Crippen LogP contribution in [0.15, 0.2) is 24.3 Å². The van der Waals surface area contributed by atoms with Gasteiger partial charge in [0.05, 0.1) is 26.4 Å². The van der Waals surface area contributed by atoms with Crippen molar-refractivity contribution in [2.75, 3.05) is 39.6 Å². The number of carbonyl (C=O) groups is 4. The fourth-order valence-electron chi connectivity index (χ4n) is 10.7. The third kappa shape index (κ3) is 66.6. The summed E-state index contributed by atoms with van der Waals surface area (Å²) >= 11 is 0. The molecule has 548 valence electrons. The molecule has 0 aromatic rings. The minimum atomic E-state index is -4.96. The summed E-state index contributed by atoms with van der Waals surface area (Å²) in [7, 11) is -9.92. The molecule has 3 N–H and O–H groups in total. The predicted molar refractivity (Wildman–Crippen MR) is 377 cm³/mol. The number of carbonyl (C=O) groups excluding carboxylic acids is 4. The van der Waals surface area contributed by atoms with Crippen LogP contribution in [0.1, 0.15) is 350 Å². The van der Waals surface area contributed by atoms with Crippen LogP contribution in [0.4, 0.5) is 0 Å². The van der Waals surface area contributed by atoms with E-state index in [1.54, 1.807) is 0 Å². The van der Waals surface area contributed by atoms with Gasteiger partial charge in [0.25, 0.3) is 0 Å². The molecular formula is C74H140O17P2. The zero-order chi connectivity index (χ0) is 68.7. The van der Waals surface area contributed by atoms with Gasteiger partial charge in [-0.05, 0) is 69.1 Å². The molecule has 0 heterocycles. The van der Waals surface area contributed by atoms with Crippen LogP contribution in [0.3, 0.4) is 0 Å². The summed E-state index contributed by atoms with van der Waals surface area (Å²) < 4.78 is 68.3. The van der Waals surface area contributed by atoms with Gasteiger partial charge in [0.1, 0.15) is 19.3 Å². The minimum absolute atomic E-state index is 0.0838. The number of phosphoric ester groups is 2. The Morgan fingerprint density at radius 1 is 0.355 bits per heavy atom. The summed E-state index contributed by atoms with van der Waals surface area (Å²) in [5.41, 5.74) is 0. The second-order valence-electron chi connectivity index (χ2n) is 27.2. The Hall–Kier alpha value is -2.46. The molecule has 19 heteroatoms. The summed E-state index contributed by atoms with van der Waals surface area (Å²) in [5.74, 6) is 0.0693. The van der Waals surface area contributed by atoms with Gasteiger partial charge >= 0.3 is 39.5 Å². The zero-order valence-corrected chi connectivity index (χ0v) is 62.0. The quantitative estimate of drug-likeness (QED) is 0.0169. The molecule has 0 aromatic carbocycles. The predicted octanol–water partition coefficient (Wildman–Crippen LogP) is 21.0. The first kappa shape index (κ1) is 90.5. The molecule has 0 rings (SSSR count). The van der Waals surface area contributed by atoms with Crippen LogP contribution in [-0.2, 0) is 65.4 Å². The number of unbranched alkanes of at least 4 members (excludes halogenated alkanes) is 34. The normalized spacial score (nSPS) is 14.6. The summed E-state index contributed by atoms with van der Waals surface area (Å²) in [4.78, 5) is 72.6. The van der Waals surface area contributed by atoms with Gasteiger partial charge in [-0.15, -0.1) is 0 Å². The molecule has 4 unspecified atom stereocenters. The lowest BCUT2D eigenvalue weighted by atomic mass is 10.00. The first-order valence-electron chi connectivity index (χ1n) is 37.7. The largest absolute Gasteiger partial charge is 0.472 e. The van der Waals surface area contributed by atoms with Crippen molar-refractivity contribution < 1.29 is 80.2 Å². The van der Waals surface area contributed by atoms with E-state index in [4.69, 9.17) is 37.0 Å². The van der Waals surface area contributed by atoms with Gasteiger partial charge in [-0.2, -0.15) is 0 Å². The van der Waals surface area contributed by atoms with Gasteiger partial charge in [0.15, 0.2) is 12.2 Å². The van der Waals surface area contributed by atoms with Gasteiger partial charge in [-0.3, -0.25) is 37.3 Å². The first-order valence-corrected chi connectivity index (χ1v) is 40.7. The Morgan fingerprint density at radius 3 is 0.957 bits per heavy atom. The standard InChI is InChI=1S/C74H140O17P2/c1-8-10-11-12-13-14-15-16-18-23-26-29-34-43-50-57-73(78)90-69(61-85-72(77)56-49-42-35-30-32-39-46-53-66(5)6)63-88-92(80,81)86-59-68(75)60-87-93(82,83)89-64-70(91-74(79)58-51-44-37-36-40-47-54-67(7)9-2)62-84-71(76)55-48-41-33-28-25-22-20-17-19-21-24-27-31-38-45-52-65(3)4/h14-16,18,65-70,75H,8-13,17,19-64H2,1-7H3,(H,80,81)(H,82,83)/b15-14-,18-16-/t67?,68?,69-,70-/m1/s1. The molecule has 0 spiro atoms. The average Bonchev–Trinajstić information content (AvgIpc) is 2.59. The molecule has 0 saturated carbocycles. The molecule has 0 bridgehead atoms. The average molecular weight is 1360 g/mol. The van der Waals surface area contributed by atoms with Crippen LogP contribution in [-0.4, -0.2) is 96.7 Å². The SMILES string of the molecule is CCCCCC/C=C\C=C/CCCCCCCC(=O)O[C@H](COC(=O)CCCCCCCCCC(C)C)COP(=O)(O)OCC(O)COP(=O)(O)OC[C@@H](COC(=O)CCCCCCCCCCCCCCCCCC(C)C)OC(=O)CCCCCCCCC(C)CC. The Morgan fingerprint density at radius 2 is 0.634 bits per heavy atom. The van der Waals surface area contributed by atoms with Crippen LogP contribution in [0, 0.1) is 17.8 Å². The van der Waals surface area contributed by atoms with Crippen LogP contribution in [0.25, 0.3) is 0 Å². The highest BCUT2D eigenvalue weighted by Crippen LogP contribution is 2.45. The molecule has 0 aliphatic heterocycles. The molecule has 0 saturated heterocycles. The van der Waals surface area contributed by atoms with Crippen molar-refractivity contribution >= 4 is 39.5 Å². The number of allylic oxidation sites excluding steroid dienone is 4. The van der Waals surface area contributed by atoms with Gasteiger partial charge in [0, 0.05) is 25.7 Å². The van der Waals surface area contributed by atoms with Crippen molar-refractivity contribution in [2.45, 2.75) is 369 Å². The summed E-state index contributed by atoms with van der Waals surface area (Å²) in [6.45, 7) is 11.7. The highest BCUT2D eigenvalue weighted by Gasteiger charge is 2.30. The molecule has 0 aliphatic rings. The number of esters is 4. The summed E-state index contributed by atoms with van der Waals surface area (Å²) in [6.07, 6.45) is 52.3. The number of hydrogen-bond donors (Lipinski definition) is 3. The first-order chi connectivity index (χ1) is 44.8. The Bertz CT molecular complexity index is 1910. The van der Waals surface area contributed by atoms with Crippen LogP contribution < -0.4 is 0 Å². The number of rotatable bonds is 70. The van der Waals surface area contributed by atoms with E-state index in [0.29, 0.717) is 31.6 Å². The lowest BCUT2D eigenvalue weighted by Gasteiger charge is -2.21.